The van der Waals surface area contributed by atoms with Crippen molar-refractivity contribution in [2.24, 2.45) is 23.5 Å². The number of carbonyl (C=O) groups is 6. The molecule has 2 aliphatic rings. The van der Waals surface area contributed by atoms with E-state index in [1.54, 1.807) is 48.9 Å². The molecule has 6 rings (SSSR count). The zero-order valence-corrected chi connectivity index (χ0v) is 40.8. The number of rotatable bonds is 21. The number of benzene rings is 3. The van der Waals surface area contributed by atoms with E-state index >= 15 is 8.78 Å². The van der Waals surface area contributed by atoms with Gasteiger partial charge in [-0.15, -0.1) is 0 Å². The lowest BCUT2D eigenvalue weighted by Crippen LogP contribution is -2.54. The van der Waals surface area contributed by atoms with Crippen molar-refractivity contribution < 1.29 is 56.5 Å². The molecule has 2 aliphatic heterocycles. The molecule has 388 valence electrons. The van der Waals surface area contributed by atoms with E-state index in [-0.39, 0.29) is 68.8 Å². The first-order valence-electron chi connectivity index (χ1n) is 24.1. The minimum Gasteiger partial charge on any atom is -0.445 e. The normalized spacial score (nSPS) is 17.6. The quantitative estimate of drug-likeness (QED) is 0.0597. The van der Waals surface area contributed by atoms with E-state index in [1.165, 1.54) is 23.6 Å². The van der Waals surface area contributed by atoms with E-state index in [1.807, 2.05) is 30.3 Å². The Morgan fingerprint density at radius 1 is 0.931 bits per heavy atom. The summed E-state index contributed by atoms with van der Waals surface area (Å²) < 4.78 is 59.2. The highest BCUT2D eigenvalue weighted by Crippen LogP contribution is 2.39. The van der Waals surface area contributed by atoms with Crippen molar-refractivity contribution in [3.8, 4) is 11.3 Å². The molecule has 3 heterocycles. The number of imidazole rings is 1. The maximum absolute atomic E-state index is 16.2. The minimum atomic E-state index is -1.60. The number of nitrogens with two attached hydrogens (primary N) is 1. The standard InChI is InChI=1S/C51H64F3N9O9/c1-30(2)44(57-32(4)65)48(67)60-42(11-8-20-56-50(55)69)47(66)58-38-15-12-34(13-16-38)29-72-51(70)62-25-36(41(54)27-62)26-63(49(68)31(3)64)45(35-18-21-71-22-19-35)46-59-43(39-23-37(52)14-17-40(39)53)28-61(46)24-33-9-6-5-7-10-33/h5-7,9-10,12-17,23,28,30-31,35-36,41-42,44-45,64H,8,11,18-22,24-27,29H2,1-4H3,(H,57,65)(H,58,66)(H,60,67)(H3,55,56,69)/t31-,36-,41-,42-,44-,45+/m0/s1. The zero-order valence-electron chi connectivity index (χ0n) is 40.8. The summed E-state index contributed by atoms with van der Waals surface area (Å²) in [5, 5.41) is 21.3. The Balaban J connectivity index is 1.15. The second-order valence-corrected chi connectivity index (χ2v) is 18.6. The summed E-state index contributed by atoms with van der Waals surface area (Å²) in [6.07, 6.45) is -0.959. The van der Waals surface area contributed by atoms with Gasteiger partial charge in [0.25, 0.3) is 5.91 Å². The first-order valence-corrected chi connectivity index (χ1v) is 24.1. The third kappa shape index (κ3) is 14.8. The number of aliphatic hydroxyl groups excluding tert-OH is 1. The van der Waals surface area contributed by atoms with Gasteiger partial charge in [0.05, 0.1) is 18.3 Å². The van der Waals surface area contributed by atoms with Crippen molar-refractivity contribution in [1.82, 2.24) is 35.3 Å². The van der Waals surface area contributed by atoms with Gasteiger partial charge in [-0.25, -0.2) is 27.7 Å². The van der Waals surface area contributed by atoms with Gasteiger partial charge in [-0.2, -0.15) is 0 Å². The second kappa shape index (κ2) is 25.4. The van der Waals surface area contributed by atoms with Crippen molar-refractivity contribution in [1.29, 1.82) is 0 Å². The number of aliphatic hydroxyl groups is 1. The van der Waals surface area contributed by atoms with Crippen LogP contribution in [0.1, 0.15) is 76.4 Å². The van der Waals surface area contributed by atoms with Gasteiger partial charge in [0.15, 0.2) is 0 Å². The summed E-state index contributed by atoms with van der Waals surface area (Å²) in [6, 6.07) is 15.2. The lowest BCUT2D eigenvalue weighted by molar-refractivity contribution is -0.145. The summed E-state index contributed by atoms with van der Waals surface area (Å²) in [4.78, 5) is 84.9. The van der Waals surface area contributed by atoms with Crippen molar-refractivity contribution in [3.63, 3.8) is 0 Å². The van der Waals surface area contributed by atoms with E-state index < -0.39 is 83.7 Å². The fourth-order valence-electron chi connectivity index (χ4n) is 8.97. The number of likely N-dealkylation sites (tertiary alicyclic amines) is 1. The van der Waals surface area contributed by atoms with Crippen molar-refractivity contribution in [2.75, 3.05) is 44.7 Å². The zero-order chi connectivity index (χ0) is 52.1. The van der Waals surface area contributed by atoms with Crippen LogP contribution in [0.25, 0.3) is 11.3 Å². The molecule has 21 heteroatoms. The molecular weight excluding hydrogens is 940 g/mol. The first kappa shape index (κ1) is 54.3. The minimum absolute atomic E-state index is 0.0876. The molecule has 4 aromatic rings. The van der Waals surface area contributed by atoms with Crippen LogP contribution in [0.4, 0.5) is 28.4 Å². The molecule has 0 unspecified atom stereocenters. The molecule has 7 N–H and O–H groups in total. The summed E-state index contributed by atoms with van der Waals surface area (Å²) in [5.74, 6) is -4.80. The van der Waals surface area contributed by atoms with E-state index in [2.05, 4.69) is 21.3 Å². The van der Waals surface area contributed by atoms with Gasteiger partial charge in [0, 0.05) is 69.7 Å². The van der Waals surface area contributed by atoms with Crippen LogP contribution in [0.3, 0.4) is 0 Å². The molecule has 3 aromatic carbocycles. The Hall–Kier alpha value is -7.00. The number of primary amides is 1. The number of hydrogen-bond acceptors (Lipinski definition) is 10. The van der Waals surface area contributed by atoms with Gasteiger partial charge in [-0.1, -0.05) is 56.3 Å². The molecule has 1 aromatic heterocycles. The van der Waals surface area contributed by atoms with Crippen molar-refractivity contribution in [2.45, 2.75) is 96.9 Å². The highest BCUT2D eigenvalue weighted by molar-refractivity contribution is 5.98. The maximum Gasteiger partial charge on any atom is 0.410 e. The molecule has 0 spiro atoms. The lowest BCUT2D eigenvalue weighted by Gasteiger charge is -2.40. The molecule has 0 aliphatic carbocycles. The molecule has 7 amide bonds. The lowest BCUT2D eigenvalue weighted by atomic mass is 9.88. The van der Waals surface area contributed by atoms with Gasteiger partial charge in [0.1, 0.15) is 48.4 Å². The third-order valence-electron chi connectivity index (χ3n) is 12.7. The maximum atomic E-state index is 16.2. The van der Waals surface area contributed by atoms with E-state index in [0.717, 1.165) is 23.8 Å². The Labute approximate surface area is 416 Å². The van der Waals surface area contributed by atoms with Crippen LogP contribution in [0, 0.1) is 29.4 Å². The number of amides is 7. The fourth-order valence-corrected chi connectivity index (χ4v) is 8.97. The number of hydrogen-bond donors (Lipinski definition) is 6. The summed E-state index contributed by atoms with van der Waals surface area (Å²) in [7, 11) is 0. The second-order valence-electron chi connectivity index (χ2n) is 18.6. The van der Waals surface area contributed by atoms with Crippen molar-refractivity contribution in [3.05, 3.63) is 108 Å². The molecule has 2 saturated heterocycles. The predicted octanol–water partition coefficient (Wildman–Crippen LogP) is 5.19. The van der Waals surface area contributed by atoms with Crippen LogP contribution >= 0.6 is 0 Å². The molecule has 2 fully saturated rings. The number of urea groups is 1. The van der Waals surface area contributed by atoms with Crippen LogP contribution in [0.15, 0.2) is 79.0 Å². The van der Waals surface area contributed by atoms with Crippen molar-refractivity contribution >= 4 is 41.4 Å². The summed E-state index contributed by atoms with van der Waals surface area (Å²) in [5.41, 5.74) is 6.93. The number of nitrogens with zero attached hydrogens (tertiary/aromatic N) is 4. The first-order chi connectivity index (χ1) is 34.4. The van der Waals surface area contributed by atoms with E-state index in [4.69, 9.17) is 20.2 Å². The Bertz CT molecular complexity index is 2510. The smallest absolute Gasteiger partial charge is 0.410 e. The van der Waals surface area contributed by atoms with Gasteiger partial charge < -0.3 is 55.9 Å². The van der Waals surface area contributed by atoms with Crippen LogP contribution < -0.4 is 27.0 Å². The number of alkyl halides is 1. The van der Waals surface area contributed by atoms with Crippen LogP contribution in [0.2, 0.25) is 0 Å². The number of anilines is 1. The largest absolute Gasteiger partial charge is 0.445 e. The Morgan fingerprint density at radius 2 is 1.64 bits per heavy atom. The predicted molar refractivity (Wildman–Crippen MR) is 259 cm³/mol. The van der Waals surface area contributed by atoms with Gasteiger partial charge in [0.2, 0.25) is 17.7 Å². The monoisotopic (exact) mass is 1000 g/mol. The Morgan fingerprint density at radius 3 is 2.29 bits per heavy atom. The summed E-state index contributed by atoms with van der Waals surface area (Å²) in [6.45, 7) is 6.29. The summed E-state index contributed by atoms with van der Waals surface area (Å²) >= 11 is 0. The molecular formula is C51H64F3N9O9. The molecule has 6 atom stereocenters. The SMILES string of the molecule is CC(=O)N[C@H](C(=O)N[C@@H](CCCNC(N)=O)C(=O)Nc1ccc(COC(=O)N2C[C@@H](CN(C(=O)[C@H](C)O)[C@@H](c3nc(-c4cc(F)ccc4F)cn3Cc3ccccc3)C3CCOCC3)[C@@H](F)C2)cc1)C(C)C. The number of aromatic nitrogens is 2. The fraction of sp³-hybridized carbons (Fsp3) is 0.471. The van der Waals surface area contributed by atoms with Crippen LogP contribution in [-0.2, 0) is 41.8 Å². The molecule has 72 heavy (non-hydrogen) atoms. The highest BCUT2D eigenvalue weighted by Gasteiger charge is 2.43. The molecule has 0 bridgehead atoms. The molecule has 0 radical (unpaired) electrons. The number of halogens is 3. The molecule has 0 saturated carbocycles. The number of carbonyl (C=O) groups excluding carboxylic acids is 6. The number of nitrogens with one attached hydrogen (secondary N) is 4. The topological polar surface area (TPSA) is 240 Å². The van der Waals surface area contributed by atoms with Crippen LogP contribution in [-0.4, -0.2) is 124 Å². The van der Waals surface area contributed by atoms with Gasteiger partial charge >= 0.3 is 12.1 Å². The number of ether oxygens (including phenoxy) is 2. The average molecular weight is 1000 g/mol. The van der Waals surface area contributed by atoms with E-state index in [0.29, 0.717) is 49.6 Å². The average Bonchev–Trinajstić information content (AvgIpc) is 3.93. The van der Waals surface area contributed by atoms with Gasteiger partial charge in [-0.05, 0) is 85.9 Å². The highest BCUT2D eigenvalue weighted by atomic mass is 19.1. The Kier molecular flexibility index (Phi) is 19.2. The third-order valence-corrected chi connectivity index (χ3v) is 12.7. The molecule has 18 nitrogen and oxygen atoms in total. The van der Waals surface area contributed by atoms with Gasteiger partial charge in [-0.3, -0.25) is 19.2 Å². The van der Waals surface area contributed by atoms with Crippen LogP contribution in [0.5, 0.6) is 0 Å². The van der Waals surface area contributed by atoms with E-state index in [9.17, 15) is 38.3 Å².